The number of carbonyl (C=O) groups is 3. The highest BCUT2D eigenvalue weighted by molar-refractivity contribution is 8.00. The largest absolute Gasteiger partial charge is 0.416 e. The topological polar surface area (TPSA) is 69.7 Å². The molecule has 2 aromatic carbocycles. The molecule has 2 aromatic rings. The second-order valence-electron chi connectivity index (χ2n) is 8.17. The van der Waals surface area contributed by atoms with E-state index in [2.05, 4.69) is 5.32 Å². The monoisotopic (exact) mass is 493 g/mol. The minimum Gasteiger partial charge on any atom is -0.353 e. The number of halogens is 3. The van der Waals surface area contributed by atoms with Crippen LogP contribution in [0.4, 0.5) is 13.2 Å². The van der Waals surface area contributed by atoms with Gasteiger partial charge >= 0.3 is 6.18 Å². The first-order valence-corrected chi connectivity index (χ1v) is 11.8. The van der Waals surface area contributed by atoms with Crippen molar-refractivity contribution >= 4 is 29.5 Å². The standard InChI is InChI=1S/C24H26F3N3O3S/c1-16(2)28-21(31)15-34-20-9-4-3-8-19(20)23(33)30-12-10-29(11-13-30)22(32)17-6-5-7-18(14-17)24(25,26)27/h3-9,14,16H,10-13,15H2,1-2H3,(H,28,31). The molecule has 0 radical (unpaired) electrons. The average Bonchev–Trinajstić information content (AvgIpc) is 2.81. The van der Waals surface area contributed by atoms with Gasteiger partial charge in [0.1, 0.15) is 0 Å². The molecule has 182 valence electrons. The molecule has 10 heteroatoms. The minimum absolute atomic E-state index is 0.0277. The summed E-state index contributed by atoms with van der Waals surface area (Å²) in [5.41, 5.74) is -0.429. The van der Waals surface area contributed by atoms with Crippen molar-refractivity contribution in [2.45, 2.75) is 31.0 Å². The molecule has 0 aromatic heterocycles. The maximum atomic E-state index is 13.1. The summed E-state index contributed by atoms with van der Waals surface area (Å²) in [6, 6.07) is 11.4. The van der Waals surface area contributed by atoms with Gasteiger partial charge in [0.05, 0.1) is 16.9 Å². The summed E-state index contributed by atoms with van der Waals surface area (Å²) >= 11 is 1.28. The van der Waals surface area contributed by atoms with Crippen molar-refractivity contribution in [1.82, 2.24) is 15.1 Å². The predicted octanol–water partition coefficient (Wildman–Crippen LogP) is 3.92. The van der Waals surface area contributed by atoms with Crippen LogP contribution < -0.4 is 5.32 Å². The van der Waals surface area contributed by atoms with Crippen LogP contribution in [0.1, 0.15) is 40.1 Å². The Hall–Kier alpha value is -3.01. The maximum Gasteiger partial charge on any atom is 0.416 e. The van der Waals surface area contributed by atoms with E-state index in [-0.39, 0.29) is 55.4 Å². The third kappa shape index (κ3) is 6.53. The number of hydrogen-bond acceptors (Lipinski definition) is 4. The molecule has 1 fully saturated rings. The highest BCUT2D eigenvalue weighted by Gasteiger charge is 2.32. The van der Waals surface area contributed by atoms with Crippen LogP contribution in [0.3, 0.4) is 0 Å². The molecular formula is C24H26F3N3O3S. The Balaban J connectivity index is 1.62. The minimum atomic E-state index is -4.53. The fourth-order valence-electron chi connectivity index (χ4n) is 3.57. The molecule has 6 nitrogen and oxygen atoms in total. The predicted molar refractivity (Wildman–Crippen MR) is 124 cm³/mol. The molecule has 1 aliphatic heterocycles. The van der Waals surface area contributed by atoms with E-state index in [9.17, 15) is 27.6 Å². The summed E-state index contributed by atoms with van der Waals surface area (Å²) in [5.74, 6) is -0.644. The Bertz CT molecular complexity index is 1050. The van der Waals surface area contributed by atoms with Crippen molar-refractivity contribution in [3.05, 3.63) is 65.2 Å². The highest BCUT2D eigenvalue weighted by atomic mass is 32.2. The summed E-state index contributed by atoms with van der Waals surface area (Å²) < 4.78 is 38.9. The number of rotatable bonds is 6. The number of amides is 3. The molecular weight excluding hydrogens is 467 g/mol. The Morgan fingerprint density at radius 2 is 1.56 bits per heavy atom. The second kappa shape index (κ2) is 10.9. The van der Waals surface area contributed by atoms with Gasteiger partial charge in [0.25, 0.3) is 11.8 Å². The lowest BCUT2D eigenvalue weighted by atomic mass is 10.1. The van der Waals surface area contributed by atoms with Crippen LogP contribution in [-0.2, 0) is 11.0 Å². The molecule has 0 atom stereocenters. The summed E-state index contributed by atoms with van der Waals surface area (Å²) in [7, 11) is 0. The maximum absolute atomic E-state index is 13.1. The number of benzene rings is 2. The third-order valence-corrected chi connectivity index (χ3v) is 6.29. The Morgan fingerprint density at radius 1 is 0.941 bits per heavy atom. The summed E-state index contributed by atoms with van der Waals surface area (Å²) in [5, 5.41) is 2.81. The van der Waals surface area contributed by atoms with E-state index >= 15 is 0 Å². The summed E-state index contributed by atoms with van der Waals surface area (Å²) in [6.07, 6.45) is -4.53. The molecule has 1 saturated heterocycles. The average molecular weight is 494 g/mol. The number of carbonyl (C=O) groups excluding carboxylic acids is 3. The van der Waals surface area contributed by atoms with E-state index in [1.165, 1.54) is 28.8 Å². The van der Waals surface area contributed by atoms with Crippen LogP contribution in [0.2, 0.25) is 0 Å². The van der Waals surface area contributed by atoms with E-state index in [1.807, 2.05) is 13.8 Å². The van der Waals surface area contributed by atoms with Gasteiger partial charge in [0.15, 0.2) is 0 Å². The molecule has 0 saturated carbocycles. The molecule has 0 spiro atoms. The third-order valence-electron chi connectivity index (χ3n) is 5.22. The lowest BCUT2D eigenvalue weighted by molar-refractivity contribution is -0.137. The molecule has 1 aliphatic rings. The second-order valence-corrected chi connectivity index (χ2v) is 9.19. The summed E-state index contributed by atoms with van der Waals surface area (Å²) in [6.45, 7) is 4.70. The molecule has 0 bridgehead atoms. The van der Waals surface area contributed by atoms with Gasteiger partial charge in [0, 0.05) is 42.7 Å². The van der Waals surface area contributed by atoms with Crippen molar-refractivity contribution in [2.24, 2.45) is 0 Å². The molecule has 0 aliphatic carbocycles. The molecule has 3 rings (SSSR count). The lowest BCUT2D eigenvalue weighted by Crippen LogP contribution is -2.50. The van der Waals surface area contributed by atoms with Gasteiger partial charge < -0.3 is 15.1 Å². The quantitative estimate of drug-likeness (QED) is 0.620. The van der Waals surface area contributed by atoms with Crippen LogP contribution in [0.25, 0.3) is 0 Å². The van der Waals surface area contributed by atoms with Crippen molar-refractivity contribution in [3.8, 4) is 0 Å². The first kappa shape index (κ1) is 25.6. The van der Waals surface area contributed by atoms with Gasteiger partial charge in [0.2, 0.25) is 5.91 Å². The van der Waals surface area contributed by atoms with Gasteiger partial charge in [-0.3, -0.25) is 14.4 Å². The Kier molecular flexibility index (Phi) is 8.24. The van der Waals surface area contributed by atoms with Gasteiger partial charge in [-0.15, -0.1) is 11.8 Å². The fourth-order valence-corrected chi connectivity index (χ4v) is 4.43. The van der Waals surface area contributed by atoms with E-state index < -0.39 is 17.6 Å². The number of piperazine rings is 1. The van der Waals surface area contributed by atoms with Crippen LogP contribution in [0.5, 0.6) is 0 Å². The summed E-state index contributed by atoms with van der Waals surface area (Å²) in [4.78, 5) is 41.6. The zero-order valence-corrected chi connectivity index (χ0v) is 19.7. The normalized spacial score (nSPS) is 14.3. The van der Waals surface area contributed by atoms with Crippen LogP contribution in [0.15, 0.2) is 53.4 Å². The molecule has 0 unspecified atom stereocenters. The number of nitrogens with zero attached hydrogens (tertiary/aromatic N) is 2. The smallest absolute Gasteiger partial charge is 0.353 e. The van der Waals surface area contributed by atoms with E-state index in [0.717, 1.165) is 12.1 Å². The van der Waals surface area contributed by atoms with Gasteiger partial charge in [-0.25, -0.2) is 0 Å². The first-order valence-electron chi connectivity index (χ1n) is 10.8. The van der Waals surface area contributed by atoms with Crippen LogP contribution in [0, 0.1) is 0 Å². The van der Waals surface area contributed by atoms with Crippen molar-refractivity contribution in [3.63, 3.8) is 0 Å². The number of hydrogen-bond donors (Lipinski definition) is 1. The lowest BCUT2D eigenvalue weighted by Gasteiger charge is -2.35. The molecule has 1 N–H and O–H groups in total. The zero-order chi connectivity index (χ0) is 24.9. The Morgan fingerprint density at radius 3 is 2.18 bits per heavy atom. The van der Waals surface area contributed by atoms with Crippen molar-refractivity contribution in [1.29, 1.82) is 0 Å². The van der Waals surface area contributed by atoms with Crippen molar-refractivity contribution < 1.29 is 27.6 Å². The fraction of sp³-hybridized carbons (Fsp3) is 0.375. The van der Waals surface area contributed by atoms with E-state index in [0.29, 0.717) is 10.5 Å². The van der Waals surface area contributed by atoms with Gasteiger partial charge in [-0.2, -0.15) is 13.2 Å². The first-order chi connectivity index (χ1) is 16.1. The number of nitrogens with one attached hydrogen (secondary N) is 1. The number of thioether (sulfide) groups is 1. The zero-order valence-electron chi connectivity index (χ0n) is 18.9. The van der Waals surface area contributed by atoms with Crippen LogP contribution >= 0.6 is 11.8 Å². The van der Waals surface area contributed by atoms with Gasteiger partial charge in [-0.05, 0) is 44.2 Å². The van der Waals surface area contributed by atoms with E-state index in [4.69, 9.17) is 0 Å². The van der Waals surface area contributed by atoms with Crippen LogP contribution in [-0.4, -0.2) is 65.5 Å². The molecule has 3 amide bonds. The van der Waals surface area contributed by atoms with Crippen molar-refractivity contribution in [2.75, 3.05) is 31.9 Å². The SMILES string of the molecule is CC(C)NC(=O)CSc1ccccc1C(=O)N1CCN(C(=O)c2cccc(C(F)(F)F)c2)CC1. The number of alkyl halides is 3. The highest BCUT2D eigenvalue weighted by Crippen LogP contribution is 2.30. The molecule has 34 heavy (non-hydrogen) atoms. The molecule has 1 heterocycles. The Labute approximate surface area is 200 Å². The van der Waals surface area contributed by atoms with Gasteiger partial charge in [-0.1, -0.05) is 18.2 Å². The van der Waals surface area contributed by atoms with E-state index in [1.54, 1.807) is 29.2 Å².